The molecule has 1 fully saturated rings. The van der Waals surface area contributed by atoms with Gasteiger partial charge in [0.05, 0.1) is 6.04 Å². The fraction of sp³-hybridized carbons (Fsp3) is 0.269. The van der Waals surface area contributed by atoms with Gasteiger partial charge in [0.25, 0.3) is 0 Å². The third kappa shape index (κ3) is 3.10. The first-order chi connectivity index (χ1) is 14.9. The Bertz CT molecular complexity index is 1190. The molecule has 3 aromatic rings. The molecular formula is C26H24Cl2N2O. The third-order valence-corrected chi connectivity index (χ3v) is 7.52. The van der Waals surface area contributed by atoms with Crippen molar-refractivity contribution >= 4 is 34.8 Å². The van der Waals surface area contributed by atoms with Crippen molar-refractivity contribution in [2.75, 3.05) is 11.9 Å². The van der Waals surface area contributed by atoms with Crippen LogP contribution in [0.15, 0.2) is 60.7 Å². The van der Waals surface area contributed by atoms with Gasteiger partial charge in [-0.25, -0.2) is 0 Å². The van der Waals surface area contributed by atoms with Crippen LogP contribution in [0, 0.1) is 13.8 Å². The van der Waals surface area contributed by atoms with Gasteiger partial charge in [0.1, 0.15) is 5.41 Å². The van der Waals surface area contributed by atoms with E-state index in [0.717, 1.165) is 35.3 Å². The highest BCUT2D eigenvalue weighted by Crippen LogP contribution is 2.57. The van der Waals surface area contributed by atoms with E-state index in [1.54, 1.807) is 0 Å². The van der Waals surface area contributed by atoms with Crippen molar-refractivity contribution in [3.05, 3.63) is 98.5 Å². The highest BCUT2D eigenvalue weighted by atomic mass is 35.5. The zero-order valence-electron chi connectivity index (χ0n) is 17.5. The molecule has 2 heterocycles. The molecule has 2 aliphatic rings. The normalized spacial score (nSPS) is 24.8. The summed E-state index contributed by atoms with van der Waals surface area (Å²) in [6.07, 6.45) is 0.831. The summed E-state index contributed by atoms with van der Waals surface area (Å²) < 4.78 is 0. The van der Waals surface area contributed by atoms with Crippen molar-refractivity contribution in [3.63, 3.8) is 0 Å². The van der Waals surface area contributed by atoms with Crippen LogP contribution in [0.3, 0.4) is 0 Å². The molecule has 0 saturated carbocycles. The predicted molar refractivity (Wildman–Crippen MR) is 127 cm³/mol. The molecule has 1 amide bonds. The summed E-state index contributed by atoms with van der Waals surface area (Å²) in [6, 6.07) is 19.8. The number of fused-ring (bicyclic) bond motifs is 2. The molecule has 1 spiro atoms. The van der Waals surface area contributed by atoms with Gasteiger partial charge in [-0.05, 0) is 78.9 Å². The van der Waals surface area contributed by atoms with Crippen LogP contribution in [0.5, 0.6) is 0 Å². The van der Waals surface area contributed by atoms with Crippen LogP contribution >= 0.6 is 23.2 Å². The van der Waals surface area contributed by atoms with Gasteiger partial charge < -0.3 is 10.6 Å². The number of piperidine rings is 1. The molecule has 158 valence electrons. The molecule has 3 aromatic carbocycles. The zero-order valence-corrected chi connectivity index (χ0v) is 19.0. The molecule has 3 nitrogen and oxygen atoms in total. The van der Waals surface area contributed by atoms with E-state index in [9.17, 15) is 4.79 Å². The summed E-state index contributed by atoms with van der Waals surface area (Å²) in [5.74, 6) is -0.0207. The average molecular weight is 451 g/mol. The van der Waals surface area contributed by atoms with Gasteiger partial charge in [-0.3, -0.25) is 4.79 Å². The van der Waals surface area contributed by atoms with E-state index in [0.29, 0.717) is 10.0 Å². The van der Waals surface area contributed by atoms with Crippen LogP contribution in [0.2, 0.25) is 10.0 Å². The number of carbonyl (C=O) groups excluding carboxylic acids is 1. The SMILES string of the molecule is Cc1cccc([C@H]2NCC[C@@H](c3cccc(Cl)c3)[C@]23C(=O)Nc2cc(Cl)ccc23)c1C. The molecule has 1 saturated heterocycles. The molecular weight excluding hydrogens is 427 g/mol. The molecule has 2 aliphatic heterocycles. The predicted octanol–water partition coefficient (Wildman–Crippen LogP) is 6.32. The van der Waals surface area contributed by atoms with Crippen molar-refractivity contribution in [2.45, 2.75) is 37.6 Å². The molecule has 0 unspecified atom stereocenters. The Morgan fingerprint density at radius 1 is 0.968 bits per heavy atom. The van der Waals surface area contributed by atoms with Crippen LogP contribution in [0.25, 0.3) is 0 Å². The average Bonchev–Trinajstić information content (AvgIpc) is 3.02. The van der Waals surface area contributed by atoms with Crippen molar-refractivity contribution in [1.82, 2.24) is 5.32 Å². The first kappa shape index (κ1) is 20.6. The monoisotopic (exact) mass is 450 g/mol. The molecule has 0 radical (unpaired) electrons. The van der Waals surface area contributed by atoms with Crippen molar-refractivity contribution in [1.29, 1.82) is 0 Å². The maximum atomic E-state index is 13.9. The Kier molecular flexibility index (Phi) is 5.09. The number of rotatable bonds is 2. The Balaban J connectivity index is 1.80. The number of aryl methyl sites for hydroxylation is 1. The fourth-order valence-electron chi connectivity index (χ4n) is 5.52. The van der Waals surface area contributed by atoms with E-state index in [1.807, 2.05) is 36.4 Å². The van der Waals surface area contributed by atoms with E-state index >= 15 is 0 Å². The lowest BCUT2D eigenvalue weighted by molar-refractivity contribution is -0.123. The molecule has 0 aliphatic carbocycles. The lowest BCUT2D eigenvalue weighted by atomic mass is 9.59. The van der Waals surface area contributed by atoms with Gasteiger partial charge in [-0.2, -0.15) is 0 Å². The van der Waals surface area contributed by atoms with Crippen LogP contribution < -0.4 is 10.6 Å². The second kappa shape index (κ2) is 7.67. The van der Waals surface area contributed by atoms with Crippen LogP contribution in [0.1, 0.15) is 46.2 Å². The quantitative estimate of drug-likeness (QED) is 0.479. The van der Waals surface area contributed by atoms with Gasteiger partial charge in [0, 0.05) is 21.7 Å². The summed E-state index contributed by atoms with van der Waals surface area (Å²) in [6.45, 7) is 5.07. The zero-order chi connectivity index (χ0) is 21.8. The van der Waals surface area contributed by atoms with Gasteiger partial charge >= 0.3 is 0 Å². The van der Waals surface area contributed by atoms with E-state index in [4.69, 9.17) is 23.2 Å². The van der Waals surface area contributed by atoms with Crippen LogP contribution in [-0.2, 0) is 10.2 Å². The standard InChI is InChI=1S/C26H24Cl2N2O/c1-15-5-3-8-20(16(15)2)24-26(22-10-9-19(28)14-23(22)30-25(26)31)21(11-12-29-24)17-6-4-7-18(27)13-17/h3-10,13-14,21,24,29H,11-12H2,1-2H3,(H,30,31)/t21-,24+,26+/m0/s1. The molecule has 5 heteroatoms. The summed E-state index contributed by atoms with van der Waals surface area (Å²) in [5.41, 5.74) is 5.65. The number of hydrogen-bond donors (Lipinski definition) is 2. The molecule has 2 N–H and O–H groups in total. The summed E-state index contributed by atoms with van der Waals surface area (Å²) >= 11 is 12.7. The summed E-state index contributed by atoms with van der Waals surface area (Å²) in [7, 11) is 0. The number of hydrogen-bond acceptors (Lipinski definition) is 2. The third-order valence-electron chi connectivity index (χ3n) is 7.05. The Morgan fingerprint density at radius 3 is 2.55 bits per heavy atom. The lowest BCUT2D eigenvalue weighted by Crippen LogP contribution is -2.55. The molecule has 0 aromatic heterocycles. The van der Waals surface area contributed by atoms with Crippen LogP contribution in [0.4, 0.5) is 5.69 Å². The van der Waals surface area contributed by atoms with E-state index in [-0.39, 0.29) is 17.9 Å². The lowest BCUT2D eigenvalue weighted by Gasteiger charge is -2.47. The van der Waals surface area contributed by atoms with Crippen molar-refractivity contribution in [2.24, 2.45) is 0 Å². The number of benzene rings is 3. The van der Waals surface area contributed by atoms with E-state index in [2.05, 4.69) is 48.7 Å². The topological polar surface area (TPSA) is 41.1 Å². The number of nitrogens with one attached hydrogen (secondary N) is 2. The maximum absolute atomic E-state index is 13.9. The smallest absolute Gasteiger partial charge is 0.237 e. The van der Waals surface area contributed by atoms with Gasteiger partial charge in [-0.15, -0.1) is 0 Å². The first-order valence-corrected chi connectivity index (χ1v) is 11.3. The largest absolute Gasteiger partial charge is 0.325 e. The van der Waals surface area contributed by atoms with Gasteiger partial charge in [-0.1, -0.05) is 59.6 Å². The highest BCUT2D eigenvalue weighted by molar-refractivity contribution is 6.31. The van der Waals surface area contributed by atoms with E-state index in [1.165, 1.54) is 11.1 Å². The number of carbonyl (C=O) groups is 1. The minimum atomic E-state index is -0.804. The minimum Gasteiger partial charge on any atom is -0.325 e. The molecule has 0 bridgehead atoms. The molecule has 31 heavy (non-hydrogen) atoms. The maximum Gasteiger partial charge on any atom is 0.237 e. The molecule has 3 atom stereocenters. The second-order valence-electron chi connectivity index (χ2n) is 8.59. The Morgan fingerprint density at radius 2 is 1.74 bits per heavy atom. The van der Waals surface area contributed by atoms with Crippen molar-refractivity contribution < 1.29 is 4.79 Å². The van der Waals surface area contributed by atoms with Crippen molar-refractivity contribution in [3.8, 4) is 0 Å². The minimum absolute atomic E-state index is 0.00727. The molecule has 5 rings (SSSR count). The Labute approximate surface area is 192 Å². The highest BCUT2D eigenvalue weighted by Gasteiger charge is 2.59. The van der Waals surface area contributed by atoms with E-state index < -0.39 is 5.41 Å². The first-order valence-electron chi connectivity index (χ1n) is 10.6. The number of halogens is 2. The summed E-state index contributed by atoms with van der Waals surface area (Å²) in [5, 5.41) is 8.16. The Hall–Kier alpha value is -2.33. The number of anilines is 1. The van der Waals surface area contributed by atoms with Gasteiger partial charge in [0.15, 0.2) is 0 Å². The van der Waals surface area contributed by atoms with Gasteiger partial charge in [0.2, 0.25) is 5.91 Å². The summed E-state index contributed by atoms with van der Waals surface area (Å²) in [4.78, 5) is 13.9. The fourth-order valence-corrected chi connectivity index (χ4v) is 5.89. The second-order valence-corrected chi connectivity index (χ2v) is 9.46. The van der Waals surface area contributed by atoms with Crippen LogP contribution in [-0.4, -0.2) is 12.5 Å². The number of amides is 1.